The zero-order valence-corrected chi connectivity index (χ0v) is 18.0. The fourth-order valence-electron chi connectivity index (χ4n) is 3.34. The molecule has 1 aliphatic rings. The highest BCUT2D eigenvalue weighted by Gasteiger charge is 2.26. The third kappa shape index (κ3) is 4.95. The van der Waals surface area contributed by atoms with E-state index in [-0.39, 0.29) is 17.7 Å². The van der Waals surface area contributed by atoms with E-state index in [1.54, 1.807) is 6.20 Å². The number of carbonyl (C=O) groups excluding carboxylic acids is 1. The molecule has 2 aromatic rings. The number of amides is 1. The number of nitrogens with one attached hydrogen (secondary N) is 1. The second-order valence-corrected chi connectivity index (χ2v) is 10.0. The quantitative estimate of drug-likeness (QED) is 0.721. The molecule has 0 radical (unpaired) electrons. The Kier molecular flexibility index (Phi) is 6.47. The number of aromatic nitrogens is 2. The van der Waals surface area contributed by atoms with E-state index < -0.39 is 10.0 Å². The molecule has 0 aliphatic carbocycles. The number of piperidine rings is 1. The first kappa shape index (κ1) is 20.9. The van der Waals surface area contributed by atoms with Gasteiger partial charge in [-0.25, -0.2) is 17.7 Å². The van der Waals surface area contributed by atoms with Crippen LogP contribution >= 0.6 is 11.8 Å². The van der Waals surface area contributed by atoms with Gasteiger partial charge in [0.15, 0.2) is 5.16 Å². The van der Waals surface area contributed by atoms with Gasteiger partial charge in [-0.1, -0.05) is 23.9 Å². The van der Waals surface area contributed by atoms with Crippen LogP contribution in [0.25, 0.3) is 5.69 Å². The van der Waals surface area contributed by atoms with E-state index in [1.165, 1.54) is 33.4 Å². The van der Waals surface area contributed by atoms with Crippen LogP contribution < -0.4 is 5.32 Å². The summed E-state index contributed by atoms with van der Waals surface area (Å²) >= 11 is 1.37. The van der Waals surface area contributed by atoms with Gasteiger partial charge < -0.3 is 5.32 Å². The van der Waals surface area contributed by atoms with E-state index in [0.717, 1.165) is 23.7 Å². The van der Waals surface area contributed by atoms with E-state index in [9.17, 15) is 13.2 Å². The highest BCUT2D eigenvalue weighted by molar-refractivity contribution is 7.99. The zero-order valence-electron chi connectivity index (χ0n) is 16.4. The number of carbonyl (C=O) groups is 1. The molecule has 2 heterocycles. The second-order valence-electron chi connectivity index (χ2n) is 7.12. The van der Waals surface area contributed by atoms with Crippen LogP contribution in [0.3, 0.4) is 0 Å². The molecule has 0 saturated carbocycles. The molecule has 1 fully saturated rings. The van der Waals surface area contributed by atoms with Gasteiger partial charge in [0.2, 0.25) is 15.9 Å². The second kappa shape index (κ2) is 8.67. The van der Waals surface area contributed by atoms with Gasteiger partial charge in [0.25, 0.3) is 0 Å². The molecule has 0 bridgehead atoms. The number of hydrogen-bond donors (Lipinski definition) is 1. The predicted molar refractivity (Wildman–Crippen MR) is 111 cm³/mol. The normalized spacial score (nSPS) is 18.2. The molecule has 1 atom stereocenters. The lowest BCUT2D eigenvalue weighted by molar-refractivity contribution is -0.119. The summed E-state index contributed by atoms with van der Waals surface area (Å²) in [5.74, 6) is 0.123. The zero-order chi connectivity index (χ0) is 20.3. The largest absolute Gasteiger partial charge is 0.351 e. The number of sulfonamides is 1. The van der Waals surface area contributed by atoms with E-state index in [4.69, 9.17) is 0 Å². The molecule has 0 spiro atoms. The Morgan fingerprint density at radius 3 is 2.89 bits per heavy atom. The minimum Gasteiger partial charge on any atom is -0.351 e. The van der Waals surface area contributed by atoms with Crippen LogP contribution in [0, 0.1) is 13.8 Å². The maximum atomic E-state index is 12.4. The van der Waals surface area contributed by atoms with E-state index in [2.05, 4.69) is 30.2 Å². The van der Waals surface area contributed by atoms with Crippen molar-refractivity contribution < 1.29 is 13.2 Å². The Labute approximate surface area is 170 Å². The van der Waals surface area contributed by atoms with E-state index in [0.29, 0.717) is 13.1 Å². The van der Waals surface area contributed by atoms with Gasteiger partial charge in [-0.2, -0.15) is 0 Å². The lowest BCUT2D eigenvalue weighted by atomic mass is 10.1. The summed E-state index contributed by atoms with van der Waals surface area (Å²) in [6, 6.07) is 5.97. The molecule has 7 nitrogen and oxygen atoms in total. The molecule has 9 heteroatoms. The van der Waals surface area contributed by atoms with Crippen LogP contribution in [-0.4, -0.2) is 59.3 Å². The fourth-order valence-corrected chi connectivity index (χ4v) is 5.03. The van der Waals surface area contributed by atoms with Crippen molar-refractivity contribution in [2.45, 2.75) is 37.9 Å². The van der Waals surface area contributed by atoms with Crippen LogP contribution in [0.4, 0.5) is 0 Å². The van der Waals surface area contributed by atoms with Crippen molar-refractivity contribution >= 4 is 27.7 Å². The highest BCUT2D eigenvalue weighted by Crippen LogP contribution is 2.24. The first-order chi connectivity index (χ1) is 13.3. The molecule has 1 aromatic heterocycles. The van der Waals surface area contributed by atoms with Crippen molar-refractivity contribution in [3.63, 3.8) is 0 Å². The minimum atomic E-state index is -3.22. The van der Waals surface area contributed by atoms with Crippen LogP contribution in [0.15, 0.2) is 35.7 Å². The first-order valence-electron chi connectivity index (χ1n) is 9.23. The summed E-state index contributed by atoms with van der Waals surface area (Å²) in [6.07, 6.45) is 6.38. The molecule has 1 unspecified atom stereocenters. The smallest absolute Gasteiger partial charge is 0.230 e. The third-order valence-electron chi connectivity index (χ3n) is 4.99. The van der Waals surface area contributed by atoms with Crippen molar-refractivity contribution in [2.75, 3.05) is 25.1 Å². The number of aryl methyl sites for hydroxylation is 1. The molecular weight excluding hydrogens is 396 g/mol. The monoisotopic (exact) mass is 422 g/mol. The van der Waals surface area contributed by atoms with Crippen molar-refractivity contribution in [3.8, 4) is 5.69 Å². The van der Waals surface area contributed by atoms with Gasteiger partial charge in [0, 0.05) is 31.5 Å². The van der Waals surface area contributed by atoms with Crippen molar-refractivity contribution in [1.82, 2.24) is 19.2 Å². The number of benzene rings is 1. The number of nitrogens with zero attached hydrogens (tertiary/aromatic N) is 3. The SMILES string of the molecule is Cc1cccc(-n2ccnc2SCC(=O)NC2CCCN(S(C)(=O)=O)C2)c1C. The minimum absolute atomic E-state index is 0.110. The van der Waals surface area contributed by atoms with Crippen LogP contribution in [0.5, 0.6) is 0 Å². The van der Waals surface area contributed by atoms with Gasteiger partial charge in [0.05, 0.1) is 17.7 Å². The molecule has 1 amide bonds. The molecule has 1 N–H and O–H groups in total. The van der Waals surface area contributed by atoms with Crippen LogP contribution in [0.1, 0.15) is 24.0 Å². The summed E-state index contributed by atoms with van der Waals surface area (Å²) in [5.41, 5.74) is 3.43. The van der Waals surface area contributed by atoms with Crippen molar-refractivity contribution in [3.05, 3.63) is 41.7 Å². The molecular formula is C19H26N4O3S2. The third-order valence-corrected chi connectivity index (χ3v) is 7.23. The Bertz CT molecular complexity index is 956. The molecule has 1 aromatic carbocycles. The Morgan fingerprint density at radius 2 is 2.14 bits per heavy atom. The highest BCUT2D eigenvalue weighted by atomic mass is 32.2. The lowest BCUT2D eigenvalue weighted by Crippen LogP contribution is -2.49. The molecule has 28 heavy (non-hydrogen) atoms. The summed E-state index contributed by atoms with van der Waals surface area (Å²) in [6.45, 7) is 5.00. The fraction of sp³-hybridized carbons (Fsp3) is 0.474. The van der Waals surface area contributed by atoms with Crippen molar-refractivity contribution in [1.29, 1.82) is 0 Å². The van der Waals surface area contributed by atoms with Crippen LogP contribution in [-0.2, 0) is 14.8 Å². The summed E-state index contributed by atoms with van der Waals surface area (Å²) in [7, 11) is -3.22. The molecule has 1 saturated heterocycles. The van der Waals surface area contributed by atoms with Gasteiger partial charge in [0.1, 0.15) is 0 Å². The lowest BCUT2D eigenvalue weighted by Gasteiger charge is -2.31. The van der Waals surface area contributed by atoms with Gasteiger partial charge in [-0.05, 0) is 43.9 Å². The number of imidazole rings is 1. The average molecular weight is 423 g/mol. The van der Waals surface area contributed by atoms with Gasteiger partial charge >= 0.3 is 0 Å². The van der Waals surface area contributed by atoms with Gasteiger partial charge in [-0.15, -0.1) is 0 Å². The van der Waals surface area contributed by atoms with Gasteiger partial charge in [-0.3, -0.25) is 9.36 Å². The van der Waals surface area contributed by atoms with Crippen LogP contribution in [0.2, 0.25) is 0 Å². The number of rotatable bonds is 6. The van der Waals surface area contributed by atoms with E-state index in [1.807, 2.05) is 22.9 Å². The van der Waals surface area contributed by atoms with Crippen molar-refractivity contribution in [2.24, 2.45) is 0 Å². The summed E-state index contributed by atoms with van der Waals surface area (Å²) in [5, 5.41) is 3.72. The summed E-state index contributed by atoms with van der Waals surface area (Å²) < 4.78 is 26.9. The average Bonchev–Trinajstić information content (AvgIpc) is 3.10. The maximum absolute atomic E-state index is 12.4. The Balaban J connectivity index is 1.60. The number of hydrogen-bond acceptors (Lipinski definition) is 5. The van der Waals surface area contributed by atoms with E-state index >= 15 is 0 Å². The Morgan fingerprint density at radius 1 is 1.36 bits per heavy atom. The summed E-state index contributed by atoms with van der Waals surface area (Å²) in [4.78, 5) is 16.8. The standard InChI is InChI=1S/C19H26N4O3S2/c1-14-6-4-8-17(15(14)2)23-11-9-20-19(23)27-13-18(24)21-16-7-5-10-22(12-16)28(3,25)26/h4,6,8-9,11,16H,5,7,10,12-13H2,1-3H3,(H,21,24). The predicted octanol–water partition coefficient (Wildman–Crippen LogP) is 2.12. The maximum Gasteiger partial charge on any atom is 0.230 e. The number of thioether (sulfide) groups is 1. The molecule has 3 rings (SSSR count). The molecule has 152 valence electrons. The molecule has 1 aliphatic heterocycles. The topological polar surface area (TPSA) is 84.3 Å². The Hall–Kier alpha value is -1.84. The first-order valence-corrected chi connectivity index (χ1v) is 12.1.